The predicted octanol–water partition coefficient (Wildman–Crippen LogP) is 0.494. The van der Waals surface area contributed by atoms with E-state index in [1.807, 2.05) is 0 Å². The standard InChI is InChI=1S/C31H33ClFN3O8S.Na/c1-36(14-16-45(41,42)43)27(37)8-4-2-3-5-9-28(38)44-15-6-7-22-17-24-29(26(33)18-22)34-20-25(30(24)39)31(40)35-19-21-10-12-23(32)13-11-21;/h10-13,17-18,20H,2-5,8-9,14-16,19H2,1H3,(H,34,39)(H,35,40)(H,41,42,43);/q;+1/p-1. The van der Waals surface area contributed by atoms with Gasteiger partial charge < -0.3 is 24.5 Å². The quantitative estimate of drug-likeness (QED) is 0.0815. The molecule has 0 saturated carbocycles. The van der Waals surface area contributed by atoms with Crippen LogP contribution < -0.4 is 40.3 Å². The summed E-state index contributed by atoms with van der Waals surface area (Å²) in [5.41, 5.74) is 0.00628. The van der Waals surface area contributed by atoms with Crippen molar-refractivity contribution in [3.63, 3.8) is 0 Å². The van der Waals surface area contributed by atoms with Gasteiger partial charge in [0.05, 0.1) is 26.8 Å². The van der Waals surface area contributed by atoms with Crippen LogP contribution in [0.3, 0.4) is 0 Å². The van der Waals surface area contributed by atoms with Gasteiger partial charge in [-0.3, -0.25) is 19.2 Å². The summed E-state index contributed by atoms with van der Waals surface area (Å²) in [5.74, 6) is 2.54. The molecule has 0 spiro atoms. The van der Waals surface area contributed by atoms with Gasteiger partial charge in [0, 0.05) is 49.8 Å². The number of pyridine rings is 1. The predicted molar refractivity (Wildman–Crippen MR) is 165 cm³/mol. The van der Waals surface area contributed by atoms with Crippen LogP contribution >= 0.6 is 11.6 Å². The molecule has 0 aliphatic carbocycles. The Hall–Kier alpha value is -3.25. The minimum Gasteiger partial charge on any atom is -0.748 e. The van der Waals surface area contributed by atoms with Crippen molar-refractivity contribution >= 4 is 50.4 Å². The maximum atomic E-state index is 14.7. The number of carbonyl (C=O) groups is 3. The number of hydrogen-bond donors (Lipinski definition) is 2. The molecule has 1 heterocycles. The Morgan fingerprint density at radius 2 is 1.76 bits per heavy atom. The number of benzene rings is 2. The van der Waals surface area contributed by atoms with Crippen LogP contribution in [0.15, 0.2) is 47.4 Å². The van der Waals surface area contributed by atoms with E-state index >= 15 is 0 Å². The summed E-state index contributed by atoms with van der Waals surface area (Å²) in [4.78, 5) is 53.5. The molecule has 0 aliphatic heterocycles. The average Bonchev–Trinajstić information content (AvgIpc) is 2.99. The first-order valence-corrected chi connectivity index (χ1v) is 16.0. The molecule has 0 bridgehead atoms. The van der Waals surface area contributed by atoms with E-state index in [9.17, 15) is 36.5 Å². The Morgan fingerprint density at radius 1 is 1.09 bits per heavy atom. The van der Waals surface area contributed by atoms with Crippen LogP contribution in [-0.2, 0) is 31.0 Å². The van der Waals surface area contributed by atoms with Crippen LogP contribution in [0.5, 0.6) is 0 Å². The van der Waals surface area contributed by atoms with Crippen molar-refractivity contribution in [1.82, 2.24) is 15.2 Å². The van der Waals surface area contributed by atoms with Gasteiger partial charge in [0.1, 0.15) is 11.4 Å². The van der Waals surface area contributed by atoms with Crippen molar-refractivity contribution in [3.05, 3.63) is 80.3 Å². The number of aromatic amines is 1. The van der Waals surface area contributed by atoms with Crippen LogP contribution in [0.25, 0.3) is 10.9 Å². The molecule has 15 heteroatoms. The summed E-state index contributed by atoms with van der Waals surface area (Å²) < 4.78 is 51.8. The number of nitrogens with one attached hydrogen (secondary N) is 2. The number of amides is 2. The minimum absolute atomic E-state index is 0. The summed E-state index contributed by atoms with van der Waals surface area (Å²) in [5, 5.41) is 3.14. The first kappa shape index (κ1) is 38.9. The third-order valence-electron chi connectivity index (χ3n) is 6.71. The SMILES string of the molecule is CN(CCS(=O)(=O)[O-])C(=O)CCCCCCC(=O)OCC#Cc1cc(F)c2[nH]cc(C(=O)NCc3ccc(Cl)cc3)c(=O)c2c1.[Na+]. The first-order chi connectivity index (χ1) is 21.3. The van der Waals surface area contributed by atoms with E-state index in [-0.39, 0.29) is 90.0 Å². The maximum Gasteiger partial charge on any atom is 1.00 e. The Balaban J connectivity index is 0.00000736. The summed E-state index contributed by atoms with van der Waals surface area (Å²) >= 11 is 5.87. The molecule has 11 nitrogen and oxygen atoms in total. The topological polar surface area (TPSA) is 166 Å². The molecule has 3 aromatic rings. The number of aromatic nitrogens is 1. The Labute approximate surface area is 293 Å². The van der Waals surface area contributed by atoms with Gasteiger partial charge in [0.2, 0.25) is 11.3 Å². The van der Waals surface area contributed by atoms with E-state index in [4.69, 9.17) is 16.3 Å². The van der Waals surface area contributed by atoms with Gasteiger partial charge in [-0.05, 0) is 42.7 Å². The zero-order chi connectivity index (χ0) is 33.0. The van der Waals surface area contributed by atoms with E-state index in [2.05, 4.69) is 22.1 Å². The molecule has 2 N–H and O–H groups in total. The van der Waals surface area contributed by atoms with Crippen LogP contribution in [-0.4, -0.2) is 66.6 Å². The molecule has 2 amide bonds. The zero-order valence-electron chi connectivity index (χ0n) is 25.5. The third-order valence-corrected chi connectivity index (χ3v) is 7.65. The number of nitrogens with zero attached hydrogens (tertiary/aromatic N) is 1. The molecule has 0 saturated heterocycles. The number of fused-ring (bicyclic) bond motifs is 1. The normalized spacial score (nSPS) is 10.8. The van der Waals surface area contributed by atoms with Crippen LogP contribution in [0.2, 0.25) is 5.02 Å². The Morgan fingerprint density at radius 3 is 2.43 bits per heavy atom. The number of ether oxygens (including phenoxy) is 1. The zero-order valence-corrected chi connectivity index (χ0v) is 29.1. The van der Waals surface area contributed by atoms with Crippen molar-refractivity contribution in [2.24, 2.45) is 0 Å². The van der Waals surface area contributed by atoms with E-state index in [1.165, 1.54) is 18.0 Å². The number of hydrogen-bond acceptors (Lipinski definition) is 8. The van der Waals surface area contributed by atoms with Crippen molar-refractivity contribution in [1.29, 1.82) is 0 Å². The molecular formula is C31H32ClFN3NaO8S. The molecule has 0 aliphatic rings. The smallest absolute Gasteiger partial charge is 0.748 e. The van der Waals surface area contributed by atoms with E-state index in [0.29, 0.717) is 30.7 Å². The van der Waals surface area contributed by atoms with Gasteiger partial charge in [0.15, 0.2) is 6.61 Å². The number of H-pyrrole nitrogens is 1. The molecule has 0 unspecified atom stereocenters. The molecule has 0 radical (unpaired) electrons. The Bertz CT molecular complexity index is 1770. The molecular weight excluding hydrogens is 652 g/mol. The van der Waals surface area contributed by atoms with Crippen molar-refractivity contribution in [3.8, 4) is 11.8 Å². The molecule has 0 atom stereocenters. The van der Waals surface area contributed by atoms with Gasteiger partial charge in [0.25, 0.3) is 5.91 Å². The number of esters is 1. The fourth-order valence-electron chi connectivity index (χ4n) is 4.20. The Kier molecular flexibility index (Phi) is 15.9. The van der Waals surface area contributed by atoms with Gasteiger partial charge in [-0.15, -0.1) is 0 Å². The summed E-state index contributed by atoms with van der Waals surface area (Å²) in [6, 6.07) is 9.31. The van der Waals surface area contributed by atoms with Gasteiger partial charge >= 0.3 is 35.5 Å². The maximum absolute atomic E-state index is 14.7. The summed E-state index contributed by atoms with van der Waals surface area (Å²) in [7, 11) is -2.94. The molecule has 0 fully saturated rings. The van der Waals surface area contributed by atoms with Crippen molar-refractivity contribution < 1.29 is 66.0 Å². The fourth-order valence-corrected chi connectivity index (χ4v) is 4.82. The van der Waals surface area contributed by atoms with Crippen LogP contribution in [0.4, 0.5) is 4.39 Å². The van der Waals surface area contributed by atoms with Gasteiger partial charge in [-0.1, -0.05) is 48.4 Å². The summed E-state index contributed by atoms with van der Waals surface area (Å²) in [6.07, 6.45) is 3.91. The largest absolute Gasteiger partial charge is 1.00 e. The average molecular weight is 684 g/mol. The second-order valence-electron chi connectivity index (χ2n) is 10.2. The molecule has 46 heavy (non-hydrogen) atoms. The monoisotopic (exact) mass is 683 g/mol. The number of unbranched alkanes of at least 4 members (excludes halogenated alkanes) is 3. The number of carbonyl (C=O) groups excluding carboxylic acids is 3. The van der Waals surface area contributed by atoms with E-state index < -0.39 is 39.0 Å². The second-order valence-corrected chi connectivity index (χ2v) is 12.1. The summed E-state index contributed by atoms with van der Waals surface area (Å²) in [6.45, 7) is -0.241. The molecule has 240 valence electrons. The van der Waals surface area contributed by atoms with E-state index in [0.717, 1.165) is 17.8 Å². The number of rotatable bonds is 14. The van der Waals surface area contributed by atoms with Gasteiger partial charge in [-0.25, -0.2) is 12.8 Å². The number of halogens is 2. The van der Waals surface area contributed by atoms with Crippen LogP contribution in [0.1, 0.15) is 60.0 Å². The van der Waals surface area contributed by atoms with Crippen molar-refractivity contribution in [2.75, 3.05) is 26.0 Å². The second kappa shape index (κ2) is 18.8. The first-order valence-electron chi connectivity index (χ1n) is 14.0. The third kappa shape index (κ3) is 12.9. The minimum atomic E-state index is -4.38. The molecule has 3 rings (SSSR count). The molecule has 1 aromatic heterocycles. The van der Waals surface area contributed by atoms with E-state index in [1.54, 1.807) is 24.3 Å². The van der Waals surface area contributed by atoms with Gasteiger partial charge in [-0.2, -0.15) is 0 Å². The fraction of sp³-hybridized carbons (Fsp3) is 0.355. The molecule has 2 aromatic carbocycles. The van der Waals surface area contributed by atoms with Crippen LogP contribution in [0, 0.1) is 17.7 Å². The van der Waals surface area contributed by atoms with Crippen molar-refractivity contribution in [2.45, 2.75) is 45.1 Å².